The summed E-state index contributed by atoms with van der Waals surface area (Å²) in [6.07, 6.45) is 0. The summed E-state index contributed by atoms with van der Waals surface area (Å²) >= 11 is 0. The van der Waals surface area contributed by atoms with E-state index >= 15 is 0 Å². The van der Waals surface area contributed by atoms with Crippen molar-refractivity contribution in [3.8, 4) is 0 Å². The number of nitrogens with one attached hydrogen (secondary N) is 1. The van der Waals surface area contributed by atoms with Gasteiger partial charge in [0.2, 0.25) is 0 Å². The van der Waals surface area contributed by atoms with Crippen molar-refractivity contribution in [1.29, 1.82) is 0 Å². The first-order valence-electron chi connectivity index (χ1n) is 5.88. The van der Waals surface area contributed by atoms with E-state index in [2.05, 4.69) is 5.32 Å². The van der Waals surface area contributed by atoms with Gasteiger partial charge in [0.1, 0.15) is 5.82 Å². The average Bonchev–Trinajstić information content (AvgIpc) is 2.34. The smallest absolute Gasteiger partial charge is 0.146 e. The molecule has 96 valence electrons. The van der Waals surface area contributed by atoms with Gasteiger partial charge in [-0.15, -0.1) is 0 Å². The van der Waals surface area contributed by atoms with Crippen LogP contribution in [-0.2, 0) is 11.3 Å². The summed E-state index contributed by atoms with van der Waals surface area (Å²) in [5, 5.41) is 3.23. The van der Waals surface area contributed by atoms with Crippen LogP contribution >= 0.6 is 0 Å². The van der Waals surface area contributed by atoms with Gasteiger partial charge in [-0.05, 0) is 18.6 Å². The molecule has 1 aromatic carbocycles. The Morgan fingerprint density at radius 2 is 2.18 bits per heavy atom. The van der Waals surface area contributed by atoms with E-state index < -0.39 is 0 Å². The minimum Gasteiger partial charge on any atom is -0.383 e. The van der Waals surface area contributed by atoms with Gasteiger partial charge in [0.15, 0.2) is 0 Å². The lowest BCUT2D eigenvalue weighted by molar-refractivity contribution is 0.199. The van der Waals surface area contributed by atoms with Crippen molar-refractivity contribution in [2.24, 2.45) is 0 Å². The third kappa shape index (κ3) is 3.98. The first-order chi connectivity index (χ1) is 8.20. The third-order valence-electron chi connectivity index (χ3n) is 2.72. The van der Waals surface area contributed by atoms with Crippen molar-refractivity contribution in [1.82, 2.24) is 5.32 Å². The quantitative estimate of drug-likeness (QED) is 0.738. The molecule has 0 heterocycles. The minimum atomic E-state index is -0.166. The molecule has 0 unspecified atom stereocenters. The molecule has 0 amide bonds. The van der Waals surface area contributed by atoms with Gasteiger partial charge in [-0.25, -0.2) is 4.39 Å². The van der Waals surface area contributed by atoms with E-state index in [0.29, 0.717) is 18.8 Å². The molecule has 0 atom stereocenters. The number of rotatable bonds is 7. The number of anilines is 1. The highest BCUT2D eigenvalue weighted by atomic mass is 19.1. The number of para-hydroxylation sites is 1. The Morgan fingerprint density at radius 3 is 2.82 bits per heavy atom. The molecule has 0 radical (unpaired) electrons. The first-order valence-corrected chi connectivity index (χ1v) is 5.88. The van der Waals surface area contributed by atoms with Crippen molar-refractivity contribution in [3.63, 3.8) is 0 Å². The number of hydrogen-bond donors (Lipinski definition) is 1. The van der Waals surface area contributed by atoms with Crippen LogP contribution in [0.15, 0.2) is 18.2 Å². The summed E-state index contributed by atoms with van der Waals surface area (Å²) in [5.74, 6) is -0.166. The second-order valence-corrected chi connectivity index (χ2v) is 3.93. The van der Waals surface area contributed by atoms with Crippen LogP contribution in [0.1, 0.15) is 12.5 Å². The van der Waals surface area contributed by atoms with Crippen LogP contribution in [0.25, 0.3) is 0 Å². The normalized spacial score (nSPS) is 10.6. The van der Waals surface area contributed by atoms with E-state index in [-0.39, 0.29) is 5.82 Å². The number of hydrogen-bond acceptors (Lipinski definition) is 3. The fraction of sp³-hybridized carbons (Fsp3) is 0.538. The number of halogens is 1. The highest BCUT2D eigenvalue weighted by Gasteiger charge is 2.11. The molecular weight excluding hydrogens is 219 g/mol. The van der Waals surface area contributed by atoms with Crippen molar-refractivity contribution in [3.05, 3.63) is 29.6 Å². The molecule has 1 aromatic rings. The molecule has 0 aliphatic heterocycles. The molecule has 0 aromatic heterocycles. The van der Waals surface area contributed by atoms with Gasteiger partial charge in [-0.1, -0.05) is 12.1 Å². The van der Waals surface area contributed by atoms with E-state index in [4.69, 9.17) is 4.74 Å². The minimum absolute atomic E-state index is 0.166. The van der Waals surface area contributed by atoms with Gasteiger partial charge in [0.25, 0.3) is 0 Å². The zero-order chi connectivity index (χ0) is 12.7. The van der Waals surface area contributed by atoms with Crippen LogP contribution < -0.4 is 10.2 Å². The summed E-state index contributed by atoms with van der Waals surface area (Å²) in [5.41, 5.74) is 1.66. The van der Waals surface area contributed by atoms with Crippen molar-refractivity contribution in [2.75, 3.05) is 38.8 Å². The van der Waals surface area contributed by atoms with Crippen LogP contribution in [0.4, 0.5) is 10.1 Å². The molecule has 0 saturated carbocycles. The number of nitrogens with zero attached hydrogens (tertiary/aromatic N) is 1. The number of benzene rings is 1. The number of methoxy groups -OCH3 is 1. The van der Waals surface area contributed by atoms with Crippen molar-refractivity contribution in [2.45, 2.75) is 13.5 Å². The van der Waals surface area contributed by atoms with Gasteiger partial charge >= 0.3 is 0 Å². The Morgan fingerprint density at radius 1 is 1.41 bits per heavy atom. The highest BCUT2D eigenvalue weighted by Crippen LogP contribution is 2.23. The first kappa shape index (κ1) is 13.9. The Bertz CT molecular complexity index is 344. The predicted molar refractivity (Wildman–Crippen MR) is 68.9 cm³/mol. The molecule has 0 spiro atoms. The third-order valence-corrected chi connectivity index (χ3v) is 2.72. The maximum atomic E-state index is 13.8. The monoisotopic (exact) mass is 240 g/mol. The Labute approximate surface area is 103 Å². The SMILES string of the molecule is CCN(C)c1c(F)cccc1CNCCOC. The van der Waals surface area contributed by atoms with Crippen molar-refractivity contribution < 1.29 is 9.13 Å². The Kier molecular flexibility index (Phi) is 5.94. The fourth-order valence-electron chi connectivity index (χ4n) is 1.69. The van der Waals surface area contributed by atoms with Gasteiger partial charge in [-0.3, -0.25) is 0 Å². The standard InChI is InChI=1S/C13H21FN2O/c1-4-16(2)13-11(6-5-7-12(13)14)10-15-8-9-17-3/h5-7,15H,4,8-10H2,1-3H3. The molecule has 0 aliphatic carbocycles. The van der Waals surface area contributed by atoms with E-state index in [0.717, 1.165) is 18.7 Å². The summed E-state index contributed by atoms with van der Waals surface area (Å²) in [6.45, 7) is 4.87. The maximum absolute atomic E-state index is 13.8. The summed E-state index contributed by atoms with van der Waals surface area (Å²) in [6, 6.07) is 5.19. The van der Waals surface area contributed by atoms with Gasteiger partial charge in [0, 0.05) is 33.8 Å². The molecular formula is C13H21FN2O. The largest absolute Gasteiger partial charge is 0.383 e. The molecule has 0 saturated heterocycles. The molecule has 4 heteroatoms. The second kappa shape index (κ2) is 7.25. The lowest BCUT2D eigenvalue weighted by Gasteiger charge is -2.21. The van der Waals surface area contributed by atoms with E-state index in [9.17, 15) is 4.39 Å². The maximum Gasteiger partial charge on any atom is 0.146 e. The second-order valence-electron chi connectivity index (χ2n) is 3.93. The molecule has 0 fully saturated rings. The summed E-state index contributed by atoms with van der Waals surface area (Å²) in [7, 11) is 3.57. The highest BCUT2D eigenvalue weighted by molar-refractivity contribution is 5.54. The van der Waals surface area contributed by atoms with Crippen molar-refractivity contribution >= 4 is 5.69 Å². The lowest BCUT2D eigenvalue weighted by Crippen LogP contribution is -2.23. The average molecular weight is 240 g/mol. The van der Waals surface area contributed by atoms with Crippen LogP contribution in [-0.4, -0.2) is 33.9 Å². The zero-order valence-corrected chi connectivity index (χ0v) is 10.8. The van der Waals surface area contributed by atoms with Crippen LogP contribution in [0.5, 0.6) is 0 Å². The van der Waals surface area contributed by atoms with Crippen LogP contribution in [0, 0.1) is 5.82 Å². The van der Waals surface area contributed by atoms with E-state index in [1.807, 2.05) is 24.9 Å². The summed E-state index contributed by atoms with van der Waals surface area (Å²) in [4.78, 5) is 1.92. The molecule has 0 bridgehead atoms. The lowest BCUT2D eigenvalue weighted by atomic mass is 10.1. The number of ether oxygens (including phenoxy) is 1. The predicted octanol–water partition coefficient (Wildman–Crippen LogP) is 2.02. The Balaban J connectivity index is 2.73. The van der Waals surface area contributed by atoms with E-state index in [1.54, 1.807) is 13.2 Å². The molecule has 3 nitrogen and oxygen atoms in total. The zero-order valence-electron chi connectivity index (χ0n) is 10.8. The molecule has 1 N–H and O–H groups in total. The molecule has 0 aliphatic rings. The van der Waals surface area contributed by atoms with Gasteiger partial charge in [0.05, 0.1) is 12.3 Å². The van der Waals surface area contributed by atoms with Gasteiger partial charge < -0.3 is 15.0 Å². The summed E-state index contributed by atoms with van der Waals surface area (Å²) < 4.78 is 18.7. The van der Waals surface area contributed by atoms with Crippen LogP contribution in [0.2, 0.25) is 0 Å². The Hall–Kier alpha value is -1.13. The van der Waals surface area contributed by atoms with Gasteiger partial charge in [-0.2, -0.15) is 0 Å². The fourth-order valence-corrected chi connectivity index (χ4v) is 1.69. The molecule has 17 heavy (non-hydrogen) atoms. The molecule has 1 rings (SSSR count). The van der Waals surface area contributed by atoms with Crippen LogP contribution in [0.3, 0.4) is 0 Å². The van der Waals surface area contributed by atoms with E-state index in [1.165, 1.54) is 6.07 Å². The topological polar surface area (TPSA) is 24.5 Å².